The van der Waals surface area contributed by atoms with Crippen molar-refractivity contribution < 1.29 is 9.47 Å². The van der Waals surface area contributed by atoms with E-state index in [4.69, 9.17) is 21.1 Å². The zero-order valence-electron chi connectivity index (χ0n) is 17.3. The summed E-state index contributed by atoms with van der Waals surface area (Å²) in [5, 5.41) is 2.61. The number of methoxy groups -OCH3 is 1. The SMILES string of the molecule is COc1cc2cc[nH]c2cc1-c1cn(COCC[Si](C)(C)C)c2nc(Cl)ccc12. The van der Waals surface area contributed by atoms with Crippen LogP contribution in [0.1, 0.15) is 0 Å². The zero-order valence-corrected chi connectivity index (χ0v) is 19.0. The molecular weight excluding hydrogens is 402 g/mol. The van der Waals surface area contributed by atoms with E-state index in [2.05, 4.69) is 47.9 Å². The Morgan fingerprint density at radius 2 is 1.97 bits per heavy atom. The van der Waals surface area contributed by atoms with E-state index in [1.807, 2.05) is 29.0 Å². The largest absolute Gasteiger partial charge is 0.496 e. The lowest BCUT2D eigenvalue weighted by Gasteiger charge is -2.15. The minimum atomic E-state index is -1.13. The maximum absolute atomic E-state index is 6.20. The maximum Gasteiger partial charge on any atom is 0.144 e. The molecule has 0 bridgehead atoms. The number of fused-ring (bicyclic) bond motifs is 2. The van der Waals surface area contributed by atoms with Gasteiger partial charge >= 0.3 is 0 Å². The van der Waals surface area contributed by atoms with Crippen molar-refractivity contribution in [2.45, 2.75) is 32.4 Å². The molecule has 0 unspecified atom stereocenters. The first-order chi connectivity index (χ1) is 13.9. The molecule has 1 aromatic carbocycles. The Bertz CT molecular complexity index is 1160. The number of nitrogens with zero attached hydrogens (tertiary/aromatic N) is 2. The number of hydrogen-bond donors (Lipinski definition) is 1. The molecule has 29 heavy (non-hydrogen) atoms. The van der Waals surface area contributed by atoms with E-state index in [9.17, 15) is 0 Å². The molecule has 4 aromatic rings. The van der Waals surface area contributed by atoms with Crippen molar-refractivity contribution in [1.29, 1.82) is 0 Å². The highest BCUT2D eigenvalue weighted by Crippen LogP contribution is 2.38. The van der Waals surface area contributed by atoms with E-state index in [0.717, 1.165) is 51.5 Å². The van der Waals surface area contributed by atoms with Crippen molar-refractivity contribution in [2.24, 2.45) is 0 Å². The number of halogens is 1. The number of aromatic nitrogens is 3. The van der Waals surface area contributed by atoms with Crippen LogP contribution < -0.4 is 4.74 Å². The van der Waals surface area contributed by atoms with Crippen LogP contribution in [0.5, 0.6) is 5.75 Å². The number of rotatable bonds is 7. The molecule has 0 radical (unpaired) electrons. The number of pyridine rings is 1. The summed E-state index contributed by atoms with van der Waals surface area (Å²) in [5.41, 5.74) is 3.94. The highest BCUT2D eigenvalue weighted by Gasteiger charge is 2.17. The maximum atomic E-state index is 6.20. The number of benzene rings is 1. The molecule has 0 amide bonds. The molecule has 0 aliphatic heterocycles. The van der Waals surface area contributed by atoms with E-state index in [-0.39, 0.29) is 0 Å². The minimum absolute atomic E-state index is 0.446. The molecule has 0 fully saturated rings. The summed E-state index contributed by atoms with van der Waals surface area (Å²) in [5.74, 6) is 0.825. The molecule has 1 N–H and O–H groups in total. The smallest absolute Gasteiger partial charge is 0.144 e. The fraction of sp³-hybridized carbons (Fsp3) is 0.318. The number of nitrogens with one attached hydrogen (secondary N) is 1. The van der Waals surface area contributed by atoms with Crippen molar-refractivity contribution >= 4 is 41.6 Å². The van der Waals surface area contributed by atoms with Crippen LogP contribution in [0, 0.1) is 0 Å². The van der Waals surface area contributed by atoms with Gasteiger partial charge in [0.15, 0.2) is 0 Å². The van der Waals surface area contributed by atoms with Crippen molar-refractivity contribution in [2.75, 3.05) is 13.7 Å². The van der Waals surface area contributed by atoms with Gasteiger partial charge in [-0.05, 0) is 36.4 Å². The van der Waals surface area contributed by atoms with Gasteiger partial charge in [0, 0.05) is 54.5 Å². The molecule has 0 saturated heterocycles. The van der Waals surface area contributed by atoms with Gasteiger partial charge in [-0.3, -0.25) is 0 Å². The third kappa shape index (κ3) is 4.20. The summed E-state index contributed by atoms with van der Waals surface area (Å²) in [6, 6.07) is 11.2. The van der Waals surface area contributed by atoms with Crippen molar-refractivity contribution in [3.63, 3.8) is 0 Å². The topological polar surface area (TPSA) is 52.1 Å². The normalized spacial score (nSPS) is 12.2. The van der Waals surface area contributed by atoms with Gasteiger partial charge < -0.3 is 19.0 Å². The summed E-state index contributed by atoms with van der Waals surface area (Å²) >= 11 is 6.20. The first kappa shape index (κ1) is 20.0. The van der Waals surface area contributed by atoms with Crippen molar-refractivity contribution in [3.05, 3.63) is 47.9 Å². The molecule has 0 saturated carbocycles. The summed E-state index contributed by atoms with van der Waals surface area (Å²) in [4.78, 5) is 7.85. The third-order valence-corrected chi connectivity index (χ3v) is 6.99. The second-order valence-corrected chi connectivity index (χ2v) is 14.5. The second kappa shape index (κ2) is 7.86. The van der Waals surface area contributed by atoms with Crippen LogP contribution in [0.2, 0.25) is 30.8 Å². The highest BCUT2D eigenvalue weighted by atomic mass is 35.5. The summed E-state index contributed by atoms with van der Waals surface area (Å²) in [7, 11) is 0.571. The molecule has 3 heterocycles. The Morgan fingerprint density at radius 3 is 2.72 bits per heavy atom. The summed E-state index contributed by atoms with van der Waals surface area (Å²) in [6.45, 7) is 8.25. The molecule has 152 valence electrons. The molecule has 5 nitrogen and oxygen atoms in total. The Hall–Kier alpha value is -2.28. The van der Waals surface area contributed by atoms with Gasteiger partial charge in [0.1, 0.15) is 23.3 Å². The van der Waals surface area contributed by atoms with E-state index in [1.165, 1.54) is 0 Å². The molecular formula is C22H26ClN3O2Si. The van der Waals surface area contributed by atoms with Gasteiger partial charge in [0.25, 0.3) is 0 Å². The fourth-order valence-electron chi connectivity index (χ4n) is 3.45. The van der Waals surface area contributed by atoms with Crippen LogP contribution >= 0.6 is 11.6 Å². The van der Waals surface area contributed by atoms with Gasteiger partial charge in [0.05, 0.1) is 7.11 Å². The first-order valence-electron chi connectivity index (χ1n) is 9.74. The highest BCUT2D eigenvalue weighted by molar-refractivity contribution is 6.76. The molecule has 3 aromatic heterocycles. The number of H-pyrrole nitrogens is 1. The molecule has 0 aliphatic carbocycles. The molecule has 0 spiro atoms. The van der Waals surface area contributed by atoms with Crippen LogP contribution in [0.3, 0.4) is 0 Å². The van der Waals surface area contributed by atoms with E-state index < -0.39 is 8.07 Å². The first-order valence-corrected chi connectivity index (χ1v) is 13.8. The predicted molar refractivity (Wildman–Crippen MR) is 123 cm³/mol. The fourth-order valence-corrected chi connectivity index (χ4v) is 4.35. The van der Waals surface area contributed by atoms with Gasteiger partial charge in [0.2, 0.25) is 0 Å². The Balaban J connectivity index is 1.75. The Morgan fingerprint density at radius 1 is 1.14 bits per heavy atom. The molecule has 0 atom stereocenters. The predicted octanol–water partition coefficient (Wildman–Crippen LogP) is 6.16. The third-order valence-electron chi connectivity index (χ3n) is 5.08. The lowest BCUT2D eigenvalue weighted by Crippen LogP contribution is -2.22. The molecule has 4 rings (SSSR count). The summed E-state index contributed by atoms with van der Waals surface area (Å²) in [6.07, 6.45) is 4.01. The van der Waals surface area contributed by atoms with Gasteiger partial charge in [-0.15, -0.1) is 0 Å². The summed E-state index contributed by atoms with van der Waals surface area (Å²) < 4.78 is 13.7. The van der Waals surface area contributed by atoms with Crippen LogP contribution in [0.25, 0.3) is 33.1 Å². The average Bonchev–Trinajstić information content (AvgIpc) is 3.27. The second-order valence-electron chi connectivity index (χ2n) is 8.48. The Kier molecular flexibility index (Phi) is 5.42. The van der Waals surface area contributed by atoms with Gasteiger partial charge in [-0.2, -0.15) is 0 Å². The molecule has 0 aliphatic rings. The number of aromatic amines is 1. The number of hydrogen-bond acceptors (Lipinski definition) is 3. The van der Waals surface area contributed by atoms with Crippen LogP contribution in [0.15, 0.2) is 42.7 Å². The van der Waals surface area contributed by atoms with Crippen LogP contribution in [-0.2, 0) is 11.5 Å². The van der Waals surface area contributed by atoms with Crippen LogP contribution in [-0.4, -0.2) is 36.3 Å². The van der Waals surface area contributed by atoms with Crippen molar-refractivity contribution in [1.82, 2.24) is 14.5 Å². The average molecular weight is 428 g/mol. The standard InChI is InChI=1S/C22H26ClN3O2Si/c1-27-20-11-15-7-8-24-19(15)12-17(20)18-13-26(14-28-9-10-29(2,3)4)22-16(18)5-6-21(23)25-22/h5-8,11-13,24H,9-10,14H2,1-4H3. The quantitative estimate of drug-likeness (QED) is 0.218. The number of ether oxygens (including phenoxy) is 2. The Labute approximate surface area is 176 Å². The minimum Gasteiger partial charge on any atom is -0.496 e. The zero-order chi connectivity index (χ0) is 20.6. The van der Waals surface area contributed by atoms with Crippen LogP contribution in [0.4, 0.5) is 0 Å². The van der Waals surface area contributed by atoms with E-state index in [1.54, 1.807) is 7.11 Å². The monoisotopic (exact) mass is 427 g/mol. The lowest BCUT2D eigenvalue weighted by molar-refractivity contribution is 0.0899. The van der Waals surface area contributed by atoms with Gasteiger partial charge in [-0.1, -0.05) is 31.2 Å². The van der Waals surface area contributed by atoms with E-state index in [0.29, 0.717) is 11.9 Å². The van der Waals surface area contributed by atoms with Crippen molar-refractivity contribution in [3.8, 4) is 16.9 Å². The van der Waals surface area contributed by atoms with Gasteiger partial charge in [-0.25, -0.2) is 4.98 Å². The lowest BCUT2D eigenvalue weighted by atomic mass is 10.0. The molecule has 7 heteroatoms. The van der Waals surface area contributed by atoms with E-state index >= 15 is 0 Å².